The van der Waals surface area contributed by atoms with Gasteiger partial charge in [-0.05, 0) is 30.0 Å². The maximum absolute atomic E-state index is 9.53. The molecule has 0 fully saturated rings. The van der Waals surface area contributed by atoms with Crippen molar-refractivity contribution in [2.45, 2.75) is 13.5 Å². The zero-order valence-corrected chi connectivity index (χ0v) is 8.06. The highest BCUT2D eigenvalue weighted by Crippen LogP contribution is 2.34. The molecule has 1 aromatic heterocycles. The SMILES string of the molecule is Cc1ccc(O)c2sc(CO)cc12. The van der Waals surface area contributed by atoms with E-state index in [1.165, 1.54) is 11.3 Å². The van der Waals surface area contributed by atoms with Crippen LogP contribution in [0.1, 0.15) is 10.4 Å². The third-order valence-electron chi connectivity index (χ3n) is 2.09. The van der Waals surface area contributed by atoms with Gasteiger partial charge in [0, 0.05) is 4.88 Å². The molecule has 13 heavy (non-hydrogen) atoms. The zero-order chi connectivity index (χ0) is 9.42. The molecule has 0 aliphatic heterocycles. The fraction of sp³-hybridized carbons (Fsp3) is 0.200. The topological polar surface area (TPSA) is 40.5 Å². The number of aliphatic hydroxyl groups is 1. The molecule has 68 valence electrons. The van der Waals surface area contributed by atoms with Crippen LogP contribution in [0.3, 0.4) is 0 Å². The Labute approximate surface area is 80.1 Å². The highest BCUT2D eigenvalue weighted by molar-refractivity contribution is 7.19. The van der Waals surface area contributed by atoms with Gasteiger partial charge in [-0.1, -0.05) is 6.07 Å². The van der Waals surface area contributed by atoms with Crippen molar-refractivity contribution in [3.63, 3.8) is 0 Å². The summed E-state index contributed by atoms with van der Waals surface area (Å²) in [5.74, 6) is 0.297. The van der Waals surface area contributed by atoms with Crippen LogP contribution < -0.4 is 0 Å². The van der Waals surface area contributed by atoms with E-state index in [0.29, 0.717) is 5.75 Å². The van der Waals surface area contributed by atoms with Crippen molar-refractivity contribution in [2.75, 3.05) is 0 Å². The molecule has 2 N–H and O–H groups in total. The summed E-state index contributed by atoms with van der Waals surface area (Å²) < 4.78 is 0.865. The lowest BCUT2D eigenvalue weighted by Crippen LogP contribution is -1.73. The van der Waals surface area contributed by atoms with Crippen LogP contribution in [0, 0.1) is 6.92 Å². The molecule has 0 spiro atoms. The number of rotatable bonds is 1. The molecule has 0 amide bonds. The van der Waals surface area contributed by atoms with Gasteiger partial charge in [-0.15, -0.1) is 11.3 Å². The van der Waals surface area contributed by atoms with Crippen molar-refractivity contribution in [1.29, 1.82) is 0 Å². The monoisotopic (exact) mass is 194 g/mol. The van der Waals surface area contributed by atoms with Gasteiger partial charge in [0.05, 0.1) is 11.3 Å². The van der Waals surface area contributed by atoms with Crippen LogP contribution in [-0.2, 0) is 6.61 Å². The van der Waals surface area contributed by atoms with E-state index in [0.717, 1.165) is 20.5 Å². The van der Waals surface area contributed by atoms with Crippen molar-refractivity contribution in [2.24, 2.45) is 0 Å². The standard InChI is InChI=1S/C10H10O2S/c1-6-2-3-9(12)10-8(6)4-7(5-11)13-10/h2-4,11-12H,5H2,1H3. The van der Waals surface area contributed by atoms with E-state index < -0.39 is 0 Å². The maximum atomic E-state index is 9.53. The number of phenolic OH excluding ortho intramolecular Hbond substituents is 1. The lowest BCUT2D eigenvalue weighted by atomic mass is 10.1. The van der Waals surface area contributed by atoms with Gasteiger partial charge < -0.3 is 10.2 Å². The van der Waals surface area contributed by atoms with Gasteiger partial charge >= 0.3 is 0 Å². The first-order valence-corrected chi connectivity index (χ1v) is 4.86. The third kappa shape index (κ3) is 1.30. The van der Waals surface area contributed by atoms with E-state index in [-0.39, 0.29) is 6.61 Å². The Morgan fingerprint density at radius 3 is 2.77 bits per heavy atom. The van der Waals surface area contributed by atoms with Gasteiger partial charge in [-0.2, -0.15) is 0 Å². The van der Waals surface area contributed by atoms with E-state index in [9.17, 15) is 5.11 Å². The fourth-order valence-corrected chi connectivity index (χ4v) is 2.38. The molecular weight excluding hydrogens is 184 g/mol. The molecule has 3 heteroatoms. The van der Waals surface area contributed by atoms with E-state index in [1.807, 2.05) is 19.1 Å². The summed E-state index contributed by atoms with van der Waals surface area (Å²) >= 11 is 1.44. The molecule has 0 aliphatic carbocycles. The molecular formula is C10H10O2S. The Morgan fingerprint density at radius 2 is 2.15 bits per heavy atom. The average Bonchev–Trinajstić information content (AvgIpc) is 2.56. The van der Waals surface area contributed by atoms with Crippen LogP contribution in [0.5, 0.6) is 5.75 Å². The van der Waals surface area contributed by atoms with E-state index in [4.69, 9.17) is 5.11 Å². The molecule has 1 aromatic carbocycles. The largest absolute Gasteiger partial charge is 0.506 e. The summed E-state index contributed by atoms with van der Waals surface area (Å²) in [6.07, 6.45) is 0. The first kappa shape index (κ1) is 8.53. The van der Waals surface area contributed by atoms with Gasteiger partial charge in [-0.25, -0.2) is 0 Å². The molecule has 0 saturated carbocycles. The highest BCUT2D eigenvalue weighted by Gasteiger charge is 2.06. The number of phenols is 1. The van der Waals surface area contributed by atoms with Gasteiger partial charge in [0.15, 0.2) is 0 Å². The minimum Gasteiger partial charge on any atom is -0.506 e. The predicted molar refractivity (Wildman–Crippen MR) is 54.1 cm³/mol. The first-order chi connectivity index (χ1) is 6.22. The van der Waals surface area contributed by atoms with Gasteiger partial charge in [0.2, 0.25) is 0 Å². The van der Waals surface area contributed by atoms with Crippen LogP contribution in [0.4, 0.5) is 0 Å². The highest BCUT2D eigenvalue weighted by atomic mass is 32.1. The maximum Gasteiger partial charge on any atom is 0.133 e. The van der Waals surface area contributed by atoms with Gasteiger partial charge in [-0.3, -0.25) is 0 Å². The van der Waals surface area contributed by atoms with Crippen LogP contribution in [0.2, 0.25) is 0 Å². The number of hydrogen-bond acceptors (Lipinski definition) is 3. The van der Waals surface area contributed by atoms with Crippen molar-refractivity contribution >= 4 is 21.4 Å². The number of benzene rings is 1. The normalized spacial score (nSPS) is 10.9. The van der Waals surface area contributed by atoms with E-state index in [1.54, 1.807) is 6.07 Å². The van der Waals surface area contributed by atoms with Crippen molar-refractivity contribution < 1.29 is 10.2 Å². The summed E-state index contributed by atoms with van der Waals surface area (Å²) in [5.41, 5.74) is 1.13. The second-order valence-corrected chi connectivity index (χ2v) is 4.15. The molecule has 0 radical (unpaired) electrons. The smallest absolute Gasteiger partial charge is 0.133 e. The van der Waals surface area contributed by atoms with Crippen LogP contribution in [0.15, 0.2) is 18.2 Å². The summed E-state index contributed by atoms with van der Waals surface area (Å²) in [6, 6.07) is 5.50. The second-order valence-electron chi connectivity index (χ2n) is 3.02. The summed E-state index contributed by atoms with van der Waals surface area (Å²) in [7, 11) is 0. The van der Waals surface area contributed by atoms with E-state index >= 15 is 0 Å². The lowest BCUT2D eigenvalue weighted by molar-refractivity contribution is 0.285. The molecule has 2 nitrogen and oxygen atoms in total. The summed E-state index contributed by atoms with van der Waals surface area (Å²) in [5, 5.41) is 19.5. The number of thiophene rings is 1. The van der Waals surface area contributed by atoms with Crippen LogP contribution in [-0.4, -0.2) is 10.2 Å². The predicted octanol–water partition coefficient (Wildman–Crippen LogP) is 2.41. The molecule has 2 aromatic rings. The summed E-state index contributed by atoms with van der Waals surface area (Å²) in [4.78, 5) is 0.889. The Morgan fingerprint density at radius 1 is 1.38 bits per heavy atom. The second kappa shape index (κ2) is 3.01. The lowest BCUT2D eigenvalue weighted by Gasteiger charge is -1.96. The molecule has 2 rings (SSSR count). The van der Waals surface area contributed by atoms with Gasteiger partial charge in [0.1, 0.15) is 5.75 Å². The average molecular weight is 194 g/mol. The third-order valence-corrected chi connectivity index (χ3v) is 3.23. The number of fused-ring (bicyclic) bond motifs is 1. The zero-order valence-electron chi connectivity index (χ0n) is 7.24. The molecule has 1 heterocycles. The molecule has 0 saturated heterocycles. The Hall–Kier alpha value is -1.06. The fourth-order valence-electron chi connectivity index (χ4n) is 1.37. The van der Waals surface area contributed by atoms with Gasteiger partial charge in [0.25, 0.3) is 0 Å². The Balaban J connectivity index is 2.80. The van der Waals surface area contributed by atoms with E-state index in [2.05, 4.69) is 0 Å². The molecule has 0 atom stereocenters. The van der Waals surface area contributed by atoms with Crippen molar-refractivity contribution in [3.8, 4) is 5.75 Å². The molecule has 0 bridgehead atoms. The number of aliphatic hydroxyl groups excluding tert-OH is 1. The first-order valence-electron chi connectivity index (χ1n) is 4.04. The quantitative estimate of drug-likeness (QED) is 0.731. The van der Waals surface area contributed by atoms with Crippen molar-refractivity contribution in [3.05, 3.63) is 28.6 Å². The molecule has 0 aliphatic rings. The van der Waals surface area contributed by atoms with Crippen LogP contribution in [0.25, 0.3) is 10.1 Å². The Bertz CT molecular complexity index is 406. The molecule has 0 unspecified atom stereocenters. The Kier molecular flexibility index (Phi) is 1.98. The number of aryl methyl sites for hydroxylation is 1. The summed E-state index contributed by atoms with van der Waals surface area (Å²) in [6.45, 7) is 2.04. The number of hydrogen-bond donors (Lipinski definition) is 2. The van der Waals surface area contributed by atoms with Crippen LogP contribution >= 0.6 is 11.3 Å². The number of aromatic hydroxyl groups is 1. The minimum atomic E-state index is 0.0399. The van der Waals surface area contributed by atoms with Crippen molar-refractivity contribution in [1.82, 2.24) is 0 Å². The minimum absolute atomic E-state index is 0.0399.